The Balaban J connectivity index is 1.65. The molecule has 114 valence electrons. The third kappa shape index (κ3) is 3.43. The van der Waals surface area contributed by atoms with E-state index in [-0.39, 0.29) is 11.7 Å². The van der Waals surface area contributed by atoms with Crippen molar-refractivity contribution in [3.8, 4) is 0 Å². The molecule has 1 aliphatic rings. The third-order valence-electron chi connectivity index (χ3n) is 3.61. The van der Waals surface area contributed by atoms with Crippen LogP contribution in [0, 0.1) is 5.82 Å². The second kappa shape index (κ2) is 6.58. The number of benzene rings is 2. The van der Waals surface area contributed by atoms with Gasteiger partial charge in [0.25, 0.3) is 5.91 Å². The highest BCUT2D eigenvalue weighted by atomic mass is 19.1. The number of anilines is 2. The van der Waals surface area contributed by atoms with Crippen LogP contribution in [0.25, 0.3) is 0 Å². The maximum Gasteiger partial charge on any atom is 0.255 e. The first kappa shape index (κ1) is 14.5. The van der Waals surface area contributed by atoms with Gasteiger partial charge in [0.1, 0.15) is 5.82 Å². The standard InChI is InChI=1S/C17H17FN2O2/c18-14-3-1-13(2-4-14)17(21)19-15-5-7-16(8-6-15)20-9-11-22-12-10-20/h1-8H,9-12H2,(H,19,21). The molecule has 0 spiro atoms. The zero-order chi connectivity index (χ0) is 15.4. The minimum atomic E-state index is -0.355. The van der Waals surface area contributed by atoms with Gasteiger partial charge in [-0.3, -0.25) is 4.79 Å². The molecule has 22 heavy (non-hydrogen) atoms. The van der Waals surface area contributed by atoms with E-state index in [0.29, 0.717) is 11.3 Å². The average Bonchev–Trinajstić information content (AvgIpc) is 2.57. The third-order valence-corrected chi connectivity index (χ3v) is 3.61. The maximum absolute atomic E-state index is 12.9. The van der Waals surface area contributed by atoms with Crippen LogP contribution in [0.3, 0.4) is 0 Å². The van der Waals surface area contributed by atoms with E-state index in [1.165, 1.54) is 24.3 Å². The van der Waals surface area contributed by atoms with Crippen LogP contribution >= 0.6 is 0 Å². The minimum Gasteiger partial charge on any atom is -0.378 e. The van der Waals surface area contributed by atoms with Crippen molar-refractivity contribution < 1.29 is 13.9 Å². The van der Waals surface area contributed by atoms with Gasteiger partial charge in [0.2, 0.25) is 0 Å². The van der Waals surface area contributed by atoms with Gasteiger partial charge in [-0.15, -0.1) is 0 Å². The van der Waals surface area contributed by atoms with Crippen LogP contribution in [0.2, 0.25) is 0 Å². The quantitative estimate of drug-likeness (QED) is 0.947. The molecule has 0 bridgehead atoms. The molecule has 0 radical (unpaired) electrons. The summed E-state index contributed by atoms with van der Waals surface area (Å²) in [5.74, 6) is -0.606. The van der Waals surface area contributed by atoms with Gasteiger partial charge in [-0.05, 0) is 48.5 Å². The van der Waals surface area contributed by atoms with Crippen molar-refractivity contribution in [1.82, 2.24) is 0 Å². The lowest BCUT2D eigenvalue weighted by atomic mass is 10.2. The van der Waals surface area contributed by atoms with Crippen molar-refractivity contribution in [2.45, 2.75) is 0 Å². The van der Waals surface area contributed by atoms with E-state index in [4.69, 9.17) is 4.74 Å². The van der Waals surface area contributed by atoms with E-state index in [0.717, 1.165) is 32.0 Å². The zero-order valence-electron chi connectivity index (χ0n) is 12.1. The first-order valence-electron chi connectivity index (χ1n) is 7.22. The molecule has 0 saturated carbocycles. The molecule has 2 aromatic rings. The number of amides is 1. The largest absolute Gasteiger partial charge is 0.378 e. The summed E-state index contributed by atoms with van der Waals surface area (Å²) in [6.07, 6.45) is 0. The molecule has 5 heteroatoms. The van der Waals surface area contributed by atoms with Gasteiger partial charge >= 0.3 is 0 Å². The fourth-order valence-electron chi connectivity index (χ4n) is 2.38. The highest BCUT2D eigenvalue weighted by Gasteiger charge is 2.11. The Kier molecular flexibility index (Phi) is 4.34. The number of nitrogens with zero attached hydrogens (tertiary/aromatic N) is 1. The summed E-state index contributed by atoms with van der Waals surface area (Å²) in [4.78, 5) is 14.3. The Morgan fingerprint density at radius 2 is 1.64 bits per heavy atom. The number of carbonyl (C=O) groups excluding carboxylic acids is 1. The van der Waals surface area contributed by atoms with Crippen LogP contribution in [-0.4, -0.2) is 32.2 Å². The Bertz CT molecular complexity index is 635. The summed E-state index contributed by atoms with van der Waals surface area (Å²) in [6.45, 7) is 3.23. The zero-order valence-corrected chi connectivity index (χ0v) is 12.1. The van der Waals surface area contributed by atoms with E-state index in [1.807, 2.05) is 24.3 Å². The highest BCUT2D eigenvalue weighted by molar-refractivity contribution is 6.04. The lowest BCUT2D eigenvalue weighted by molar-refractivity contribution is 0.102. The van der Waals surface area contributed by atoms with Crippen molar-refractivity contribution in [2.24, 2.45) is 0 Å². The number of hydrogen-bond donors (Lipinski definition) is 1. The van der Waals surface area contributed by atoms with Crippen LogP contribution in [0.1, 0.15) is 10.4 Å². The van der Waals surface area contributed by atoms with Crippen LogP contribution in [-0.2, 0) is 4.74 Å². The minimum absolute atomic E-state index is 0.251. The number of rotatable bonds is 3. The van der Waals surface area contributed by atoms with Crippen molar-refractivity contribution in [2.75, 3.05) is 36.5 Å². The molecule has 0 atom stereocenters. The van der Waals surface area contributed by atoms with E-state index in [2.05, 4.69) is 10.2 Å². The second-order valence-corrected chi connectivity index (χ2v) is 5.11. The van der Waals surface area contributed by atoms with Crippen molar-refractivity contribution in [3.63, 3.8) is 0 Å². The van der Waals surface area contributed by atoms with Crippen molar-refractivity contribution in [1.29, 1.82) is 0 Å². The van der Waals surface area contributed by atoms with Gasteiger partial charge in [0.15, 0.2) is 0 Å². The van der Waals surface area contributed by atoms with Gasteiger partial charge < -0.3 is 15.0 Å². The summed E-state index contributed by atoms with van der Waals surface area (Å²) < 4.78 is 18.2. The first-order valence-corrected chi connectivity index (χ1v) is 7.22. The van der Waals surface area contributed by atoms with Crippen LogP contribution in [0.5, 0.6) is 0 Å². The van der Waals surface area contributed by atoms with Crippen LogP contribution < -0.4 is 10.2 Å². The molecule has 1 saturated heterocycles. The SMILES string of the molecule is O=C(Nc1ccc(N2CCOCC2)cc1)c1ccc(F)cc1. The first-order chi connectivity index (χ1) is 10.7. The molecule has 1 aliphatic heterocycles. The monoisotopic (exact) mass is 300 g/mol. The van der Waals surface area contributed by atoms with Gasteiger partial charge in [-0.25, -0.2) is 4.39 Å². The summed E-state index contributed by atoms with van der Waals surface area (Å²) in [6, 6.07) is 13.2. The highest BCUT2D eigenvalue weighted by Crippen LogP contribution is 2.19. The van der Waals surface area contributed by atoms with E-state index in [9.17, 15) is 9.18 Å². The molecule has 0 aromatic heterocycles. The number of carbonyl (C=O) groups is 1. The average molecular weight is 300 g/mol. The molecular formula is C17H17FN2O2. The fourth-order valence-corrected chi connectivity index (χ4v) is 2.38. The Labute approximate surface area is 128 Å². The molecule has 1 N–H and O–H groups in total. The molecule has 0 aliphatic carbocycles. The van der Waals surface area contributed by atoms with Crippen LogP contribution in [0.15, 0.2) is 48.5 Å². The predicted octanol–water partition coefficient (Wildman–Crippen LogP) is 2.91. The summed E-state index contributed by atoms with van der Waals surface area (Å²) in [7, 11) is 0. The maximum atomic E-state index is 12.9. The lowest BCUT2D eigenvalue weighted by Gasteiger charge is -2.28. The normalized spacial score (nSPS) is 14.7. The number of hydrogen-bond acceptors (Lipinski definition) is 3. The van der Waals surface area contributed by atoms with Crippen LogP contribution in [0.4, 0.5) is 15.8 Å². The summed E-state index contributed by atoms with van der Waals surface area (Å²) >= 11 is 0. The number of nitrogens with one attached hydrogen (secondary N) is 1. The fraction of sp³-hybridized carbons (Fsp3) is 0.235. The Morgan fingerprint density at radius 1 is 1.00 bits per heavy atom. The van der Waals surface area contributed by atoms with Gasteiger partial charge in [0.05, 0.1) is 13.2 Å². The molecule has 1 heterocycles. The molecule has 2 aromatic carbocycles. The molecule has 4 nitrogen and oxygen atoms in total. The van der Waals surface area contributed by atoms with Gasteiger partial charge in [0, 0.05) is 30.0 Å². The second-order valence-electron chi connectivity index (χ2n) is 5.11. The van der Waals surface area contributed by atoms with E-state index < -0.39 is 0 Å². The lowest BCUT2D eigenvalue weighted by Crippen LogP contribution is -2.36. The van der Waals surface area contributed by atoms with E-state index in [1.54, 1.807) is 0 Å². The Hall–Kier alpha value is -2.40. The smallest absolute Gasteiger partial charge is 0.255 e. The summed E-state index contributed by atoms with van der Waals surface area (Å²) in [5, 5.41) is 2.80. The van der Waals surface area contributed by atoms with Gasteiger partial charge in [-0.2, -0.15) is 0 Å². The molecule has 3 rings (SSSR count). The Morgan fingerprint density at radius 3 is 2.27 bits per heavy atom. The van der Waals surface area contributed by atoms with Gasteiger partial charge in [-0.1, -0.05) is 0 Å². The number of ether oxygens (including phenoxy) is 1. The molecule has 1 amide bonds. The summed E-state index contributed by atoms with van der Waals surface area (Å²) in [5.41, 5.74) is 2.26. The number of halogens is 1. The molecule has 1 fully saturated rings. The molecular weight excluding hydrogens is 283 g/mol. The predicted molar refractivity (Wildman–Crippen MR) is 83.8 cm³/mol. The van der Waals surface area contributed by atoms with E-state index >= 15 is 0 Å². The number of morpholine rings is 1. The van der Waals surface area contributed by atoms with Crippen molar-refractivity contribution in [3.05, 3.63) is 59.9 Å². The topological polar surface area (TPSA) is 41.6 Å². The van der Waals surface area contributed by atoms with Crippen molar-refractivity contribution >= 4 is 17.3 Å². The molecule has 0 unspecified atom stereocenters.